The summed E-state index contributed by atoms with van der Waals surface area (Å²) in [7, 11) is 3.18. The first-order valence-corrected chi connectivity index (χ1v) is 4.80. The van der Waals surface area contributed by atoms with Crippen molar-refractivity contribution in [2.45, 2.75) is 6.61 Å². The summed E-state index contributed by atoms with van der Waals surface area (Å²) < 4.78 is 54.5. The number of benzene rings is 1. The van der Waals surface area contributed by atoms with Crippen molar-refractivity contribution in [1.82, 2.24) is 0 Å². The first kappa shape index (κ1) is 14.3. The van der Waals surface area contributed by atoms with Gasteiger partial charge in [0.15, 0.2) is 23.2 Å². The minimum atomic E-state index is -1.54. The Labute approximate surface area is 101 Å². The second kappa shape index (κ2) is 5.72. The van der Waals surface area contributed by atoms with Gasteiger partial charge in [-0.3, -0.25) is 0 Å². The third kappa shape index (κ3) is 2.26. The number of esters is 1. The van der Waals surface area contributed by atoms with Crippen molar-refractivity contribution >= 4 is 5.97 Å². The van der Waals surface area contributed by atoms with Gasteiger partial charge in [0.2, 0.25) is 0 Å². The molecule has 100 valence electrons. The van der Waals surface area contributed by atoms with Crippen LogP contribution in [0.2, 0.25) is 0 Å². The Balaban J connectivity index is 3.59. The number of ether oxygens (including phenoxy) is 3. The van der Waals surface area contributed by atoms with Gasteiger partial charge in [-0.05, 0) is 0 Å². The van der Waals surface area contributed by atoms with E-state index < -0.39 is 46.9 Å². The van der Waals surface area contributed by atoms with E-state index in [2.05, 4.69) is 14.2 Å². The lowest BCUT2D eigenvalue weighted by Crippen LogP contribution is -2.14. The number of hydrogen-bond donors (Lipinski definition) is 0. The Morgan fingerprint density at radius 2 is 1.67 bits per heavy atom. The van der Waals surface area contributed by atoms with E-state index in [1.54, 1.807) is 0 Å². The van der Waals surface area contributed by atoms with Crippen molar-refractivity contribution in [3.63, 3.8) is 0 Å². The van der Waals surface area contributed by atoms with Crippen LogP contribution >= 0.6 is 0 Å². The molecule has 0 aromatic heterocycles. The van der Waals surface area contributed by atoms with E-state index in [-0.39, 0.29) is 0 Å². The van der Waals surface area contributed by atoms with Gasteiger partial charge in [0.05, 0.1) is 26.4 Å². The van der Waals surface area contributed by atoms with Crippen LogP contribution in [0.4, 0.5) is 13.2 Å². The number of halogens is 3. The molecule has 0 heterocycles. The van der Waals surface area contributed by atoms with Crippen molar-refractivity contribution in [3.8, 4) is 5.75 Å². The molecule has 0 aliphatic rings. The minimum absolute atomic E-state index is 0.494. The molecule has 4 nitrogen and oxygen atoms in total. The van der Waals surface area contributed by atoms with Crippen LogP contribution in [-0.2, 0) is 16.1 Å². The fourth-order valence-corrected chi connectivity index (χ4v) is 1.43. The maximum absolute atomic E-state index is 13.8. The first-order chi connectivity index (χ1) is 8.49. The monoisotopic (exact) mass is 264 g/mol. The predicted octanol–water partition coefficient (Wildman–Crippen LogP) is 2.05. The van der Waals surface area contributed by atoms with Gasteiger partial charge < -0.3 is 14.2 Å². The van der Waals surface area contributed by atoms with Crippen molar-refractivity contribution in [2.75, 3.05) is 21.3 Å². The lowest BCUT2D eigenvalue weighted by atomic mass is 10.1. The molecule has 0 saturated heterocycles. The summed E-state index contributed by atoms with van der Waals surface area (Å²) in [6.07, 6.45) is 0. The van der Waals surface area contributed by atoms with E-state index in [0.29, 0.717) is 0 Å². The van der Waals surface area contributed by atoms with Crippen molar-refractivity contribution in [3.05, 3.63) is 28.6 Å². The SMILES string of the molecule is COCc1c(F)c(F)c(C(=O)OC)c(OC)c1F. The van der Waals surface area contributed by atoms with Gasteiger partial charge in [-0.15, -0.1) is 0 Å². The van der Waals surface area contributed by atoms with Gasteiger partial charge in [0.1, 0.15) is 5.56 Å². The molecule has 1 rings (SSSR count). The summed E-state index contributed by atoms with van der Waals surface area (Å²) in [4.78, 5) is 11.3. The van der Waals surface area contributed by atoms with Crippen molar-refractivity contribution in [1.29, 1.82) is 0 Å². The van der Waals surface area contributed by atoms with Crippen LogP contribution in [0.3, 0.4) is 0 Å². The summed E-state index contributed by atoms with van der Waals surface area (Å²) in [6, 6.07) is 0. The van der Waals surface area contributed by atoms with E-state index in [0.717, 1.165) is 14.2 Å². The Hall–Kier alpha value is -1.76. The zero-order chi connectivity index (χ0) is 13.9. The summed E-state index contributed by atoms with van der Waals surface area (Å²) in [6.45, 7) is -0.494. The molecular weight excluding hydrogens is 253 g/mol. The van der Waals surface area contributed by atoms with Crippen LogP contribution in [-0.4, -0.2) is 27.3 Å². The molecule has 0 aliphatic carbocycles. The highest BCUT2D eigenvalue weighted by atomic mass is 19.2. The lowest BCUT2D eigenvalue weighted by Gasteiger charge is -2.13. The molecule has 0 unspecified atom stereocenters. The number of carbonyl (C=O) groups is 1. The first-order valence-electron chi connectivity index (χ1n) is 4.80. The maximum Gasteiger partial charge on any atom is 0.344 e. The fraction of sp³-hybridized carbons (Fsp3) is 0.364. The van der Waals surface area contributed by atoms with Gasteiger partial charge in [-0.25, -0.2) is 18.0 Å². The van der Waals surface area contributed by atoms with E-state index in [1.165, 1.54) is 7.11 Å². The van der Waals surface area contributed by atoms with Gasteiger partial charge >= 0.3 is 5.97 Å². The van der Waals surface area contributed by atoms with E-state index in [9.17, 15) is 18.0 Å². The van der Waals surface area contributed by atoms with E-state index in [4.69, 9.17) is 0 Å². The Kier molecular flexibility index (Phi) is 4.55. The van der Waals surface area contributed by atoms with Crippen LogP contribution < -0.4 is 4.74 Å². The summed E-state index contributed by atoms with van der Waals surface area (Å²) in [5.74, 6) is -6.18. The van der Waals surface area contributed by atoms with Crippen molar-refractivity contribution < 1.29 is 32.2 Å². The summed E-state index contributed by atoms with van der Waals surface area (Å²) in [5, 5.41) is 0. The Bertz CT molecular complexity index is 474. The molecule has 0 saturated carbocycles. The molecule has 7 heteroatoms. The normalized spacial score (nSPS) is 10.3. The van der Waals surface area contributed by atoms with Crippen LogP contribution in [0.15, 0.2) is 0 Å². The van der Waals surface area contributed by atoms with Crippen LogP contribution in [0, 0.1) is 17.5 Å². The molecule has 0 N–H and O–H groups in total. The number of carbonyl (C=O) groups excluding carboxylic acids is 1. The molecule has 0 aliphatic heterocycles. The van der Waals surface area contributed by atoms with Crippen LogP contribution in [0.1, 0.15) is 15.9 Å². The average molecular weight is 264 g/mol. The Morgan fingerprint density at radius 3 is 2.11 bits per heavy atom. The Morgan fingerprint density at radius 1 is 1.06 bits per heavy atom. The van der Waals surface area contributed by atoms with E-state index >= 15 is 0 Å². The van der Waals surface area contributed by atoms with Gasteiger partial charge in [0.25, 0.3) is 0 Å². The molecule has 0 atom stereocenters. The topological polar surface area (TPSA) is 44.8 Å². The second-order valence-corrected chi connectivity index (χ2v) is 3.25. The molecule has 1 aromatic rings. The second-order valence-electron chi connectivity index (χ2n) is 3.25. The zero-order valence-corrected chi connectivity index (χ0v) is 9.97. The highest BCUT2D eigenvalue weighted by molar-refractivity contribution is 5.93. The van der Waals surface area contributed by atoms with Crippen LogP contribution in [0.25, 0.3) is 0 Å². The summed E-state index contributed by atoms with van der Waals surface area (Å²) >= 11 is 0. The standard InChI is InChI=1S/C11H11F3O4/c1-16-4-5-7(12)9(14)6(11(15)18-3)10(17-2)8(5)13/h4H2,1-3H3. The molecule has 1 aromatic carbocycles. The smallest absolute Gasteiger partial charge is 0.344 e. The molecule has 0 amide bonds. The maximum atomic E-state index is 13.8. The highest BCUT2D eigenvalue weighted by Gasteiger charge is 2.30. The highest BCUT2D eigenvalue weighted by Crippen LogP contribution is 2.32. The number of rotatable bonds is 4. The lowest BCUT2D eigenvalue weighted by molar-refractivity contribution is 0.0588. The molecule has 18 heavy (non-hydrogen) atoms. The van der Waals surface area contributed by atoms with Crippen LogP contribution in [0.5, 0.6) is 5.75 Å². The van der Waals surface area contributed by atoms with Gasteiger partial charge in [-0.2, -0.15) is 0 Å². The molecule has 0 radical (unpaired) electrons. The third-order valence-electron chi connectivity index (χ3n) is 2.25. The quantitative estimate of drug-likeness (QED) is 0.616. The summed E-state index contributed by atoms with van der Waals surface area (Å²) in [5.41, 5.74) is -1.57. The number of methoxy groups -OCH3 is 3. The molecular formula is C11H11F3O4. The number of hydrogen-bond acceptors (Lipinski definition) is 4. The predicted molar refractivity (Wildman–Crippen MR) is 54.9 cm³/mol. The average Bonchev–Trinajstić information content (AvgIpc) is 2.37. The zero-order valence-electron chi connectivity index (χ0n) is 9.97. The third-order valence-corrected chi connectivity index (χ3v) is 2.25. The molecule has 0 spiro atoms. The fourth-order valence-electron chi connectivity index (χ4n) is 1.43. The largest absolute Gasteiger partial charge is 0.493 e. The van der Waals surface area contributed by atoms with Crippen molar-refractivity contribution in [2.24, 2.45) is 0 Å². The van der Waals surface area contributed by atoms with Gasteiger partial charge in [0, 0.05) is 7.11 Å². The molecule has 0 fully saturated rings. The molecule has 0 bridgehead atoms. The van der Waals surface area contributed by atoms with E-state index in [1.807, 2.05) is 0 Å². The van der Waals surface area contributed by atoms with Gasteiger partial charge in [-0.1, -0.05) is 0 Å². The minimum Gasteiger partial charge on any atom is -0.493 e.